The number of aromatic nitrogens is 2. The number of anilines is 2. The minimum absolute atomic E-state index is 0.102. The molecule has 0 saturated carbocycles. The van der Waals surface area contributed by atoms with Gasteiger partial charge in [-0.25, -0.2) is 19.5 Å². The number of fused-ring (bicyclic) bond motifs is 1. The summed E-state index contributed by atoms with van der Waals surface area (Å²) >= 11 is 0. The van der Waals surface area contributed by atoms with Crippen molar-refractivity contribution in [2.45, 2.75) is 13.2 Å². The summed E-state index contributed by atoms with van der Waals surface area (Å²) in [6.45, 7) is 0.593. The fourth-order valence-electron chi connectivity index (χ4n) is 3.27. The molecule has 0 radical (unpaired) electrons. The average Bonchev–Trinajstić information content (AvgIpc) is 2.75. The topological polar surface area (TPSA) is 84.7 Å². The molecule has 0 saturated heterocycles. The average molecular weight is 390 g/mol. The molecule has 0 bridgehead atoms. The number of esters is 1. The third kappa shape index (κ3) is 3.47. The Morgan fingerprint density at radius 2 is 1.83 bits per heavy atom. The van der Waals surface area contributed by atoms with Gasteiger partial charge in [-0.2, -0.15) is 0 Å². The molecule has 2 amide bonds. The van der Waals surface area contributed by atoms with Gasteiger partial charge in [-0.05, 0) is 18.2 Å². The van der Waals surface area contributed by atoms with Gasteiger partial charge in [0, 0.05) is 36.3 Å². The number of nitrogens with zero attached hydrogens (tertiary/aromatic N) is 4. The third-order valence-electron chi connectivity index (χ3n) is 4.65. The van der Waals surface area contributed by atoms with Crippen LogP contribution in [0.5, 0.6) is 0 Å². The molecule has 4 rings (SSSR count). The molecule has 1 aliphatic rings. The smallest absolute Gasteiger partial charge is 0.339 e. The first kappa shape index (κ1) is 18.4. The molecule has 0 N–H and O–H groups in total. The lowest BCUT2D eigenvalue weighted by molar-refractivity contribution is 0.0601. The second-order valence-corrected chi connectivity index (χ2v) is 6.50. The Morgan fingerprint density at radius 3 is 2.59 bits per heavy atom. The van der Waals surface area contributed by atoms with Crippen LogP contribution in [0.2, 0.25) is 0 Å². The molecule has 0 unspecified atom stereocenters. The SMILES string of the molecule is COC(=O)c1ccccc1N1C(=O)N(Cn2ccc(=O)cc2)Cc2cccnc21. The lowest BCUT2D eigenvalue weighted by Crippen LogP contribution is -2.46. The first-order chi connectivity index (χ1) is 14.1. The lowest BCUT2D eigenvalue weighted by Gasteiger charge is -2.36. The van der Waals surface area contributed by atoms with E-state index in [1.165, 1.54) is 24.1 Å². The molecule has 146 valence electrons. The van der Waals surface area contributed by atoms with E-state index < -0.39 is 5.97 Å². The lowest BCUT2D eigenvalue weighted by atomic mass is 10.1. The van der Waals surface area contributed by atoms with E-state index >= 15 is 0 Å². The summed E-state index contributed by atoms with van der Waals surface area (Å²) in [5.74, 6) is -0.0616. The van der Waals surface area contributed by atoms with Crippen molar-refractivity contribution in [1.29, 1.82) is 0 Å². The van der Waals surface area contributed by atoms with Crippen molar-refractivity contribution < 1.29 is 14.3 Å². The van der Waals surface area contributed by atoms with Gasteiger partial charge in [-0.15, -0.1) is 0 Å². The maximum atomic E-state index is 13.4. The summed E-state index contributed by atoms with van der Waals surface area (Å²) in [4.78, 5) is 44.5. The molecule has 1 aromatic carbocycles. The predicted octanol–water partition coefficient (Wildman–Crippen LogP) is 2.76. The number of hydrogen-bond donors (Lipinski definition) is 0. The van der Waals surface area contributed by atoms with Crippen LogP contribution in [0.4, 0.5) is 16.3 Å². The number of benzene rings is 1. The molecular weight excluding hydrogens is 372 g/mol. The van der Waals surface area contributed by atoms with Crippen LogP contribution in [0, 0.1) is 0 Å². The van der Waals surface area contributed by atoms with E-state index in [-0.39, 0.29) is 23.7 Å². The molecule has 2 aromatic heterocycles. The molecule has 8 heteroatoms. The van der Waals surface area contributed by atoms with Gasteiger partial charge in [-0.1, -0.05) is 18.2 Å². The Labute approximate surface area is 166 Å². The van der Waals surface area contributed by atoms with Crippen molar-refractivity contribution in [2.75, 3.05) is 12.0 Å². The molecule has 3 heterocycles. The predicted molar refractivity (Wildman–Crippen MR) is 106 cm³/mol. The highest BCUT2D eigenvalue weighted by molar-refractivity contribution is 6.06. The highest BCUT2D eigenvalue weighted by atomic mass is 16.5. The van der Waals surface area contributed by atoms with Crippen LogP contribution in [0.15, 0.2) is 71.9 Å². The van der Waals surface area contributed by atoms with Gasteiger partial charge >= 0.3 is 12.0 Å². The second-order valence-electron chi connectivity index (χ2n) is 6.50. The Kier molecular flexibility index (Phi) is 4.82. The van der Waals surface area contributed by atoms with E-state index in [1.807, 2.05) is 6.07 Å². The van der Waals surface area contributed by atoms with Gasteiger partial charge in [0.2, 0.25) is 0 Å². The number of carbonyl (C=O) groups excluding carboxylic acids is 2. The Balaban J connectivity index is 1.78. The second kappa shape index (κ2) is 7.59. The van der Waals surface area contributed by atoms with Gasteiger partial charge in [0.1, 0.15) is 5.82 Å². The van der Waals surface area contributed by atoms with Crippen molar-refractivity contribution in [1.82, 2.24) is 14.5 Å². The van der Waals surface area contributed by atoms with Gasteiger partial charge < -0.3 is 14.2 Å². The van der Waals surface area contributed by atoms with Gasteiger partial charge in [-0.3, -0.25) is 4.79 Å². The number of amides is 2. The summed E-state index contributed by atoms with van der Waals surface area (Å²) in [5, 5.41) is 0. The molecule has 8 nitrogen and oxygen atoms in total. The molecule has 0 aliphatic carbocycles. The number of carbonyl (C=O) groups is 2. The first-order valence-electron chi connectivity index (χ1n) is 8.95. The third-order valence-corrected chi connectivity index (χ3v) is 4.65. The summed E-state index contributed by atoms with van der Waals surface area (Å²) < 4.78 is 6.62. The van der Waals surface area contributed by atoms with Crippen LogP contribution in [0.25, 0.3) is 0 Å². The van der Waals surface area contributed by atoms with Crippen LogP contribution in [0.3, 0.4) is 0 Å². The summed E-state index contributed by atoms with van der Waals surface area (Å²) in [6, 6.07) is 13.0. The standard InChI is InChI=1S/C21H18N4O4/c1-29-20(27)17-6-2-3-7-18(17)25-19-15(5-4-10-22-19)13-24(21(25)28)14-23-11-8-16(26)9-12-23/h2-12H,13-14H2,1H3. The molecule has 0 spiro atoms. The van der Waals surface area contributed by atoms with Crippen LogP contribution < -0.4 is 10.3 Å². The number of pyridine rings is 2. The van der Waals surface area contributed by atoms with E-state index in [0.29, 0.717) is 18.1 Å². The number of rotatable bonds is 4. The number of ether oxygens (including phenoxy) is 1. The monoisotopic (exact) mass is 390 g/mol. The maximum Gasteiger partial charge on any atom is 0.339 e. The number of para-hydroxylation sites is 1. The zero-order valence-corrected chi connectivity index (χ0v) is 15.7. The van der Waals surface area contributed by atoms with E-state index in [9.17, 15) is 14.4 Å². The zero-order chi connectivity index (χ0) is 20.4. The molecule has 29 heavy (non-hydrogen) atoms. The Hall–Kier alpha value is -3.94. The number of methoxy groups -OCH3 is 1. The van der Waals surface area contributed by atoms with Crippen LogP contribution in [0.1, 0.15) is 15.9 Å². The summed E-state index contributed by atoms with van der Waals surface area (Å²) in [5.41, 5.74) is 1.40. The van der Waals surface area contributed by atoms with Crippen molar-refractivity contribution in [2.24, 2.45) is 0 Å². The van der Waals surface area contributed by atoms with Crippen molar-refractivity contribution in [3.63, 3.8) is 0 Å². The number of urea groups is 1. The maximum absolute atomic E-state index is 13.4. The molecule has 1 aliphatic heterocycles. The largest absolute Gasteiger partial charge is 0.465 e. The van der Waals surface area contributed by atoms with Gasteiger partial charge in [0.05, 0.1) is 31.6 Å². The Bertz CT molecular complexity index is 1120. The van der Waals surface area contributed by atoms with E-state index in [0.717, 1.165) is 5.56 Å². The van der Waals surface area contributed by atoms with Gasteiger partial charge in [0.15, 0.2) is 5.43 Å². The number of hydrogen-bond acceptors (Lipinski definition) is 5. The van der Waals surface area contributed by atoms with Crippen LogP contribution >= 0.6 is 0 Å². The van der Waals surface area contributed by atoms with Crippen LogP contribution in [-0.4, -0.2) is 33.6 Å². The molecule has 3 aromatic rings. The normalized spacial score (nSPS) is 13.2. The fraction of sp³-hybridized carbons (Fsp3) is 0.143. The van der Waals surface area contributed by atoms with Crippen LogP contribution in [-0.2, 0) is 18.0 Å². The van der Waals surface area contributed by atoms with Gasteiger partial charge in [0.25, 0.3) is 0 Å². The molecular formula is C21H18N4O4. The van der Waals surface area contributed by atoms with Crippen molar-refractivity contribution in [3.05, 3.63) is 88.5 Å². The minimum atomic E-state index is -0.539. The first-order valence-corrected chi connectivity index (χ1v) is 8.95. The van der Waals surface area contributed by atoms with E-state index in [2.05, 4.69) is 4.98 Å². The molecule has 0 atom stereocenters. The summed E-state index contributed by atoms with van der Waals surface area (Å²) in [6.07, 6.45) is 4.86. The minimum Gasteiger partial charge on any atom is -0.465 e. The summed E-state index contributed by atoms with van der Waals surface area (Å²) in [7, 11) is 1.30. The zero-order valence-electron chi connectivity index (χ0n) is 15.7. The van der Waals surface area contributed by atoms with E-state index in [4.69, 9.17) is 4.74 Å². The Morgan fingerprint density at radius 1 is 1.07 bits per heavy atom. The van der Waals surface area contributed by atoms with Crippen molar-refractivity contribution in [3.8, 4) is 0 Å². The van der Waals surface area contributed by atoms with Crippen molar-refractivity contribution >= 4 is 23.5 Å². The fourth-order valence-corrected chi connectivity index (χ4v) is 3.27. The quantitative estimate of drug-likeness (QED) is 0.640. The highest BCUT2D eigenvalue weighted by Gasteiger charge is 2.34. The molecule has 0 fully saturated rings. The highest BCUT2D eigenvalue weighted by Crippen LogP contribution is 2.35. The van der Waals surface area contributed by atoms with E-state index in [1.54, 1.807) is 58.4 Å².